The predicted molar refractivity (Wildman–Crippen MR) is 70.0 cm³/mol. The number of ether oxygens (including phenoxy) is 1. The van der Waals surface area contributed by atoms with E-state index in [1.165, 1.54) is 12.3 Å². The molecule has 0 spiro atoms. The standard InChI is InChI=1S/C13H20N2O3/c1-10(2)9-18-7-3-6-14-11-4-5-12(13(16)17)15-8-11/h4-5,8,10,14H,3,6-7,9H2,1-2H3,(H,16,17). The van der Waals surface area contributed by atoms with Gasteiger partial charge in [0.05, 0.1) is 11.9 Å². The first-order valence-corrected chi connectivity index (χ1v) is 6.10. The summed E-state index contributed by atoms with van der Waals surface area (Å²) >= 11 is 0. The Bertz CT molecular complexity index is 363. The third kappa shape index (κ3) is 5.63. The molecule has 18 heavy (non-hydrogen) atoms. The lowest BCUT2D eigenvalue weighted by atomic mass is 10.2. The lowest BCUT2D eigenvalue weighted by Gasteiger charge is -2.08. The van der Waals surface area contributed by atoms with Crippen molar-refractivity contribution in [3.63, 3.8) is 0 Å². The molecule has 0 fully saturated rings. The number of anilines is 1. The summed E-state index contributed by atoms with van der Waals surface area (Å²) in [6, 6.07) is 3.20. The zero-order valence-electron chi connectivity index (χ0n) is 10.8. The van der Waals surface area contributed by atoms with Gasteiger partial charge in [-0.3, -0.25) is 0 Å². The van der Waals surface area contributed by atoms with Crippen molar-refractivity contribution < 1.29 is 14.6 Å². The van der Waals surface area contributed by atoms with Gasteiger partial charge in [-0.2, -0.15) is 0 Å². The van der Waals surface area contributed by atoms with Gasteiger partial charge in [0.1, 0.15) is 5.69 Å². The zero-order chi connectivity index (χ0) is 13.4. The lowest BCUT2D eigenvalue weighted by Crippen LogP contribution is -2.09. The molecule has 5 heteroatoms. The van der Waals surface area contributed by atoms with Crippen LogP contribution < -0.4 is 5.32 Å². The van der Waals surface area contributed by atoms with E-state index < -0.39 is 5.97 Å². The molecule has 0 aromatic carbocycles. The highest BCUT2D eigenvalue weighted by molar-refractivity contribution is 5.85. The number of hydrogen-bond acceptors (Lipinski definition) is 4. The minimum absolute atomic E-state index is 0.0563. The maximum atomic E-state index is 10.6. The van der Waals surface area contributed by atoms with Crippen LogP contribution in [0, 0.1) is 5.92 Å². The second-order valence-electron chi connectivity index (χ2n) is 4.49. The molecule has 100 valence electrons. The smallest absolute Gasteiger partial charge is 0.354 e. The molecule has 2 N–H and O–H groups in total. The number of aromatic carboxylic acids is 1. The van der Waals surface area contributed by atoms with E-state index in [9.17, 15) is 4.79 Å². The first kappa shape index (κ1) is 14.4. The molecule has 5 nitrogen and oxygen atoms in total. The molecule has 1 aromatic heterocycles. The van der Waals surface area contributed by atoms with Gasteiger partial charge in [-0.15, -0.1) is 0 Å². The molecule has 0 unspecified atom stereocenters. The summed E-state index contributed by atoms with van der Waals surface area (Å²) in [6.07, 6.45) is 2.44. The molecule has 0 saturated heterocycles. The van der Waals surface area contributed by atoms with E-state index in [1.807, 2.05) is 0 Å². The van der Waals surface area contributed by atoms with E-state index in [0.29, 0.717) is 5.92 Å². The van der Waals surface area contributed by atoms with E-state index in [0.717, 1.165) is 31.9 Å². The third-order valence-corrected chi connectivity index (χ3v) is 2.23. The van der Waals surface area contributed by atoms with Gasteiger partial charge in [0.15, 0.2) is 0 Å². The fourth-order valence-corrected chi connectivity index (χ4v) is 1.35. The van der Waals surface area contributed by atoms with Crippen molar-refractivity contribution in [3.05, 3.63) is 24.0 Å². The molecule has 0 aliphatic rings. The molecule has 1 heterocycles. The number of carboxylic acids is 1. The van der Waals surface area contributed by atoms with Gasteiger partial charge >= 0.3 is 5.97 Å². The van der Waals surface area contributed by atoms with Gasteiger partial charge in [0.2, 0.25) is 0 Å². The number of aromatic nitrogens is 1. The number of rotatable bonds is 8. The van der Waals surface area contributed by atoms with Crippen LogP contribution in [0.3, 0.4) is 0 Å². The van der Waals surface area contributed by atoms with E-state index in [4.69, 9.17) is 9.84 Å². The fraction of sp³-hybridized carbons (Fsp3) is 0.538. The Kier molecular flexibility index (Phi) is 6.14. The Balaban J connectivity index is 2.17. The Morgan fingerprint density at radius 3 is 2.83 bits per heavy atom. The lowest BCUT2D eigenvalue weighted by molar-refractivity contribution is 0.0690. The average Bonchev–Trinajstić information content (AvgIpc) is 2.34. The molecule has 0 atom stereocenters. The molecule has 1 aromatic rings. The Morgan fingerprint density at radius 2 is 2.28 bits per heavy atom. The first-order chi connectivity index (χ1) is 8.59. The Morgan fingerprint density at radius 1 is 1.50 bits per heavy atom. The van der Waals surface area contributed by atoms with Crippen molar-refractivity contribution in [1.29, 1.82) is 0 Å². The van der Waals surface area contributed by atoms with E-state index >= 15 is 0 Å². The van der Waals surface area contributed by atoms with Crippen molar-refractivity contribution in [2.75, 3.05) is 25.1 Å². The molecular formula is C13H20N2O3. The molecule has 0 aliphatic carbocycles. The van der Waals surface area contributed by atoms with Crippen LogP contribution >= 0.6 is 0 Å². The van der Waals surface area contributed by atoms with Crippen LogP contribution in [0.4, 0.5) is 5.69 Å². The van der Waals surface area contributed by atoms with Crippen LogP contribution in [0.2, 0.25) is 0 Å². The summed E-state index contributed by atoms with van der Waals surface area (Å²) in [5, 5.41) is 11.9. The maximum absolute atomic E-state index is 10.6. The van der Waals surface area contributed by atoms with Crippen molar-refractivity contribution in [2.45, 2.75) is 20.3 Å². The maximum Gasteiger partial charge on any atom is 0.354 e. The SMILES string of the molecule is CC(C)COCCCNc1ccc(C(=O)O)nc1. The highest BCUT2D eigenvalue weighted by atomic mass is 16.5. The summed E-state index contributed by atoms with van der Waals surface area (Å²) in [5.74, 6) is -0.450. The number of hydrogen-bond donors (Lipinski definition) is 2. The van der Waals surface area contributed by atoms with Gasteiger partial charge in [-0.05, 0) is 24.5 Å². The fourth-order valence-electron chi connectivity index (χ4n) is 1.35. The van der Waals surface area contributed by atoms with E-state index in [2.05, 4.69) is 24.1 Å². The van der Waals surface area contributed by atoms with Gasteiger partial charge < -0.3 is 15.2 Å². The van der Waals surface area contributed by atoms with Crippen LogP contribution in [0.15, 0.2) is 18.3 Å². The van der Waals surface area contributed by atoms with Crippen LogP contribution in [0.5, 0.6) is 0 Å². The number of nitrogens with zero attached hydrogens (tertiary/aromatic N) is 1. The molecule has 0 aliphatic heterocycles. The number of carbonyl (C=O) groups is 1. The largest absolute Gasteiger partial charge is 0.477 e. The van der Waals surface area contributed by atoms with Crippen LogP contribution in [-0.2, 0) is 4.74 Å². The topological polar surface area (TPSA) is 71.5 Å². The summed E-state index contributed by atoms with van der Waals surface area (Å²) < 4.78 is 5.45. The second kappa shape index (κ2) is 7.66. The number of carboxylic acid groups (broad SMARTS) is 1. The monoisotopic (exact) mass is 252 g/mol. The van der Waals surface area contributed by atoms with Crippen molar-refractivity contribution in [1.82, 2.24) is 4.98 Å². The molecule has 0 bridgehead atoms. The van der Waals surface area contributed by atoms with Crippen molar-refractivity contribution in [2.24, 2.45) is 5.92 Å². The minimum atomic E-state index is -1.01. The van der Waals surface area contributed by atoms with Crippen LogP contribution in [-0.4, -0.2) is 35.8 Å². The summed E-state index contributed by atoms with van der Waals surface area (Å²) in [5.41, 5.74) is 0.879. The Labute approximate surface area is 107 Å². The predicted octanol–water partition coefficient (Wildman–Crippen LogP) is 2.25. The number of pyridine rings is 1. The molecule has 0 saturated carbocycles. The molecular weight excluding hydrogens is 232 g/mol. The second-order valence-corrected chi connectivity index (χ2v) is 4.49. The van der Waals surface area contributed by atoms with Gasteiger partial charge in [-0.25, -0.2) is 9.78 Å². The third-order valence-electron chi connectivity index (χ3n) is 2.23. The van der Waals surface area contributed by atoms with Crippen LogP contribution in [0.1, 0.15) is 30.8 Å². The summed E-state index contributed by atoms with van der Waals surface area (Å²) in [4.78, 5) is 14.4. The highest BCUT2D eigenvalue weighted by Gasteiger charge is 2.02. The van der Waals surface area contributed by atoms with E-state index in [1.54, 1.807) is 6.07 Å². The van der Waals surface area contributed by atoms with Gasteiger partial charge in [-0.1, -0.05) is 13.8 Å². The minimum Gasteiger partial charge on any atom is -0.477 e. The van der Waals surface area contributed by atoms with Crippen LogP contribution in [0.25, 0.3) is 0 Å². The average molecular weight is 252 g/mol. The zero-order valence-corrected chi connectivity index (χ0v) is 10.8. The summed E-state index contributed by atoms with van der Waals surface area (Å²) in [6.45, 7) is 6.54. The quantitative estimate of drug-likeness (QED) is 0.694. The first-order valence-electron chi connectivity index (χ1n) is 6.10. The van der Waals surface area contributed by atoms with Gasteiger partial charge in [0, 0.05) is 19.8 Å². The molecule has 0 amide bonds. The van der Waals surface area contributed by atoms with Crippen molar-refractivity contribution >= 4 is 11.7 Å². The summed E-state index contributed by atoms with van der Waals surface area (Å²) in [7, 11) is 0. The van der Waals surface area contributed by atoms with Crippen molar-refractivity contribution in [3.8, 4) is 0 Å². The van der Waals surface area contributed by atoms with E-state index in [-0.39, 0.29) is 5.69 Å². The molecule has 0 radical (unpaired) electrons. The normalized spacial score (nSPS) is 10.6. The highest BCUT2D eigenvalue weighted by Crippen LogP contribution is 2.06. The number of nitrogens with one attached hydrogen (secondary N) is 1. The van der Waals surface area contributed by atoms with Gasteiger partial charge in [0.25, 0.3) is 0 Å². The molecule has 1 rings (SSSR count). The Hall–Kier alpha value is -1.62.